The molecule has 1 unspecified atom stereocenters. The third-order valence-electron chi connectivity index (χ3n) is 7.18. The Hall–Kier alpha value is -4.43. The maximum absolute atomic E-state index is 14.6. The standard InChI is InChI=1S/C34H26O2/c35-30(24-25-14-4-1-5-15-25)33(26-16-6-2-7-17-26)34(27-18-8-3-9-19-27)28-20-10-12-22-31(28)36-32-23-13-11-21-29(32)34/h1-23,33H,24H2. The first-order valence-corrected chi connectivity index (χ1v) is 12.3. The second-order valence-electron chi connectivity index (χ2n) is 9.24. The minimum absolute atomic E-state index is 0.169. The highest BCUT2D eigenvalue weighted by atomic mass is 16.5. The van der Waals surface area contributed by atoms with E-state index in [4.69, 9.17) is 4.74 Å². The predicted octanol–water partition coefficient (Wildman–Crippen LogP) is 7.72. The summed E-state index contributed by atoms with van der Waals surface area (Å²) in [5.41, 5.74) is 4.33. The van der Waals surface area contributed by atoms with Crippen LogP contribution in [0.5, 0.6) is 11.5 Å². The van der Waals surface area contributed by atoms with Gasteiger partial charge < -0.3 is 4.74 Å². The Morgan fingerprint density at radius 1 is 0.583 bits per heavy atom. The van der Waals surface area contributed by atoms with Gasteiger partial charge >= 0.3 is 0 Å². The molecule has 2 nitrogen and oxygen atoms in total. The zero-order chi connectivity index (χ0) is 24.4. The van der Waals surface area contributed by atoms with E-state index in [2.05, 4.69) is 48.5 Å². The highest BCUT2D eigenvalue weighted by molar-refractivity contribution is 5.92. The summed E-state index contributed by atoms with van der Waals surface area (Å²) in [6.07, 6.45) is 0.347. The molecule has 0 saturated heterocycles. The zero-order valence-electron chi connectivity index (χ0n) is 19.9. The van der Waals surface area contributed by atoms with Gasteiger partial charge in [-0.2, -0.15) is 0 Å². The lowest BCUT2D eigenvalue weighted by Crippen LogP contribution is -2.43. The summed E-state index contributed by atoms with van der Waals surface area (Å²) in [6.45, 7) is 0. The Morgan fingerprint density at radius 2 is 1.06 bits per heavy atom. The molecule has 2 heteroatoms. The third kappa shape index (κ3) is 3.63. The number of Topliss-reactive ketones (excluding diaryl/α,β-unsaturated/α-hetero) is 1. The molecule has 0 spiro atoms. The maximum atomic E-state index is 14.6. The van der Waals surface area contributed by atoms with E-state index in [1.807, 2.05) is 91.0 Å². The van der Waals surface area contributed by atoms with Gasteiger partial charge in [-0.05, 0) is 28.8 Å². The molecule has 0 aromatic heterocycles. The van der Waals surface area contributed by atoms with E-state index in [9.17, 15) is 4.79 Å². The summed E-state index contributed by atoms with van der Waals surface area (Å²) in [5, 5.41) is 0. The molecule has 0 saturated carbocycles. The number of fused-ring (bicyclic) bond motifs is 2. The van der Waals surface area contributed by atoms with Gasteiger partial charge in [-0.25, -0.2) is 0 Å². The number of benzene rings is 5. The van der Waals surface area contributed by atoms with Crippen LogP contribution in [-0.2, 0) is 16.6 Å². The van der Waals surface area contributed by atoms with Crippen LogP contribution in [0, 0.1) is 0 Å². The monoisotopic (exact) mass is 466 g/mol. The second kappa shape index (κ2) is 9.31. The predicted molar refractivity (Wildman–Crippen MR) is 144 cm³/mol. The maximum Gasteiger partial charge on any atom is 0.146 e. The van der Waals surface area contributed by atoms with Gasteiger partial charge in [-0.1, -0.05) is 127 Å². The molecule has 174 valence electrons. The lowest BCUT2D eigenvalue weighted by molar-refractivity contribution is -0.120. The number of para-hydroxylation sites is 2. The second-order valence-corrected chi connectivity index (χ2v) is 9.24. The van der Waals surface area contributed by atoms with Crippen molar-refractivity contribution in [2.75, 3.05) is 0 Å². The van der Waals surface area contributed by atoms with Gasteiger partial charge in [0.2, 0.25) is 0 Å². The highest BCUT2D eigenvalue weighted by Gasteiger charge is 2.52. The van der Waals surface area contributed by atoms with E-state index in [0.717, 1.165) is 39.3 Å². The normalized spacial score (nSPS) is 14.1. The largest absolute Gasteiger partial charge is 0.457 e. The molecule has 0 fully saturated rings. The van der Waals surface area contributed by atoms with Gasteiger partial charge in [-0.15, -0.1) is 0 Å². The summed E-state index contributed by atoms with van der Waals surface area (Å²) in [6, 6.07) is 47.0. The Bertz CT molecular complexity index is 1450. The van der Waals surface area contributed by atoms with E-state index in [1.54, 1.807) is 0 Å². The average Bonchev–Trinajstić information content (AvgIpc) is 2.94. The molecule has 36 heavy (non-hydrogen) atoms. The third-order valence-corrected chi connectivity index (χ3v) is 7.18. The fourth-order valence-corrected chi connectivity index (χ4v) is 5.74. The Kier molecular flexibility index (Phi) is 5.71. The molecule has 5 aromatic rings. The highest BCUT2D eigenvalue weighted by Crippen LogP contribution is 2.58. The Labute approximate surface area is 211 Å². The summed E-state index contributed by atoms with van der Waals surface area (Å²) < 4.78 is 6.43. The number of ether oxygens (including phenoxy) is 1. The van der Waals surface area contributed by atoms with Gasteiger partial charge in [-0.3, -0.25) is 4.79 Å². The van der Waals surface area contributed by atoms with Crippen molar-refractivity contribution in [1.82, 2.24) is 0 Å². The van der Waals surface area contributed by atoms with Gasteiger partial charge in [0.1, 0.15) is 17.3 Å². The summed E-state index contributed by atoms with van der Waals surface area (Å²) in [5.74, 6) is 1.28. The van der Waals surface area contributed by atoms with E-state index < -0.39 is 11.3 Å². The number of hydrogen-bond donors (Lipinski definition) is 0. The van der Waals surface area contributed by atoms with Crippen molar-refractivity contribution in [2.24, 2.45) is 0 Å². The van der Waals surface area contributed by atoms with Crippen molar-refractivity contribution in [2.45, 2.75) is 17.8 Å². The molecule has 0 aliphatic carbocycles. The van der Waals surface area contributed by atoms with Crippen LogP contribution in [0.1, 0.15) is 33.7 Å². The first-order valence-electron chi connectivity index (χ1n) is 12.3. The molecule has 6 rings (SSSR count). The van der Waals surface area contributed by atoms with E-state index in [-0.39, 0.29) is 5.78 Å². The molecule has 0 amide bonds. The molecule has 1 heterocycles. The summed E-state index contributed by atoms with van der Waals surface area (Å²) >= 11 is 0. The first-order chi connectivity index (χ1) is 17.8. The SMILES string of the molecule is O=C(Cc1ccccc1)C(c1ccccc1)C1(c2ccccc2)c2ccccc2Oc2ccccc21. The van der Waals surface area contributed by atoms with E-state index >= 15 is 0 Å². The number of rotatable bonds is 6. The molecule has 0 N–H and O–H groups in total. The van der Waals surface area contributed by atoms with Crippen LogP contribution >= 0.6 is 0 Å². The van der Waals surface area contributed by atoms with Crippen molar-refractivity contribution in [3.8, 4) is 11.5 Å². The van der Waals surface area contributed by atoms with Gasteiger partial charge in [0.05, 0.1) is 11.3 Å². The van der Waals surface area contributed by atoms with Crippen molar-refractivity contribution in [3.63, 3.8) is 0 Å². The molecule has 0 bridgehead atoms. The molecular formula is C34H26O2. The minimum atomic E-state index is -0.764. The van der Waals surface area contributed by atoms with Crippen LogP contribution in [0.25, 0.3) is 0 Å². The van der Waals surface area contributed by atoms with E-state index in [0.29, 0.717) is 6.42 Å². The zero-order valence-corrected chi connectivity index (χ0v) is 19.9. The smallest absolute Gasteiger partial charge is 0.146 e. The van der Waals surface area contributed by atoms with Gasteiger partial charge in [0.25, 0.3) is 0 Å². The molecule has 1 atom stereocenters. The van der Waals surface area contributed by atoms with Gasteiger partial charge in [0.15, 0.2) is 0 Å². The van der Waals surface area contributed by atoms with Crippen molar-refractivity contribution in [3.05, 3.63) is 167 Å². The van der Waals surface area contributed by atoms with Gasteiger partial charge in [0, 0.05) is 17.5 Å². The lowest BCUT2D eigenvalue weighted by atomic mass is 9.57. The van der Waals surface area contributed by atoms with Crippen LogP contribution in [0.4, 0.5) is 0 Å². The van der Waals surface area contributed by atoms with Crippen LogP contribution in [0.15, 0.2) is 140 Å². The van der Waals surface area contributed by atoms with Crippen LogP contribution in [0.3, 0.4) is 0 Å². The minimum Gasteiger partial charge on any atom is -0.457 e. The topological polar surface area (TPSA) is 26.3 Å². The molecule has 1 aliphatic rings. The Balaban J connectivity index is 1.70. The molecule has 5 aromatic carbocycles. The fourth-order valence-electron chi connectivity index (χ4n) is 5.74. The lowest BCUT2D eigenvalue weighted by Gasteiger charge is -2.45. The quantitative estimate of drug-likeness (QED) is 0.256. The first kappa shape index (κ1) is 22.1. The van der Waals surface area contributed by atoms with Crippen molar-refractivity contribution < 1.29 is 9.53 Å². The summed E-state index contributed by atoms with van der Waals surface area (Å²) in [4.78, 5) is 14.6. The average molecular weight is 467 g/mol. The van der Waals surface area contributed by atoms with Crippen LogP contribution < -0.4 is 4.74 Å². The number of carbonyl (C=O) groups excluding carboxylic acids is 1. The fraction of sp³-hybridized carbons (Fsp3) is 0.0882. The van der Waals surface area contributed by atoms with Crippen LogP contribution in [-0.4, -0.2) is 5.78 Å². The number of ketones is 1. The number of carbonyl (C=O) groups is 1. The van der Waals surface area contributed by atoms with Crippen LogP contribution in [0.2, 0.25) is 0 Å². The van der Waals surface area contributed by atoms with Crippen molar-refractivity contribution >= 4 is 5.78 Å². The summed E-state index contributed by atoms with van der Waals surface area (Å²) in [7, 11) is 0. The molecular weight excluding hydrogens is 440 g/mol. The number of hydrogen-bond acceptors (Lipinski definition) is 2. The Morgan fingerprint density at radius 3 is 1.64 bits per heavy atom. The van der Waals surface area contributed by atoms with E-state index in [1.165, 1.54) is 0 Å². The van der Waals surface area contributed by atoms with Crippen molar-refractivity contribution in [1.29, 1.82) is 0 Å². The molecule has 0 radical (unpaired) electrons. The molecule has 1 aliphatic heterocycles.